The van der Waals surface area contributed by atoms with Crippen LogP contribution in [0.5, 0.6) is 0 Å². The summed E-state index contributed by atoms with van der Waals surface area (Å²) in [4.78, 5) is 0. The second-order valence-corrected chi connectivity index (χ2v) is 2.62. The van der Waals surface area contributed by atoms with Gasteiger partial charge in [-0.05, 0) is 26.0 Å². The van der Waals surface area contributed by atoms with Crippen LogP contribution in [-0.2, 0) is 4.74 Å². The van der Waals surface area contributed by atoms with E-state index in [1.165, 1.54) is 6.26 Å². The molecule has 1 rings (SSSR count). The summed E-state index contributed by atoms with van der Waals surface area (Å²) in [5, 5.41) is 9.59. The third-order valence-electron chi connectivity index (χ3n) is 1.71. The first-order chi connectivity index (χ1) is 5.75. The van der Waals surface area contributed by atoms with Gasteiger partial charge in [0.05, 0.1) is 12.4 Å². The molecular weight excluding hydrogens is 156 g/mol. The fraction of sp³-hybridized carbons (Fsp3) is 0.556. The van der Waals surface area contributed by atoms with E-state index in [2.05, 4.69) is 0 Å². The number of ether oxygens (including phenoxy) is 1. The van der Waals surface area contributed by atoms with Gasteiger partial charge in [0.15, 0.2) is 0 Å². The Morgan fingerprint density at radius 2 is 2.42 bits per heavy atom. The summed E-state index contributed by atoms with van der Waals surface area (Å²) in [5.74, 6) is 0.552. The summed E-state index contributed by atoms with van der Waals surface area (Å²) < 4.78 is 10.3. The summed E-state index contributed by atoms with van der Waals surface area (Å²) in [6.07, 6.45) is 0.651. The molecule has 0 fully saturated rings. The zero-order chi connectivity index (χ0) is 8.97. The standard InChI is InChI=1S/C9H14O3/c1-3-11-7(2)9(10)8-5-4-6-12-8/h4-7,9-10H,3H2,1-2H3. The molecule has 0 bridgehead atoms. The molecule has 1 heterocycles. The van der Waals surface area contributed by atoms with E-state index in [9.17, 15) is 5.11 Å². The molecular formula is C9H14O3. The average molecular weight is 170 g/mol. The molecule has 2 atom stereocenters. The van der Waals surface area contributed by atoms with Gasteiger partial charge in [-0.15, -0.1) is 0 Å². The van der Waals surface area contributed by atoms with Gasteiger partial charge in [0.2, 0.25) is 0 Å². The Bertz CT molecular complexity index is 206. The summed E-state index contributed by atoms with van der Waals surface area (Å²) in [6, 6.07) is 3.48. The second kappa shape index (κ2) is 4.28. The number of aliphatic hydroxyl groups excluding tert-OH is 1. The zero-order valence-electron chi connectivity index (χ0n) is 7.36. The molecule has 3 heteroatoms. The molecule has 0 saturated heterocycles. The summed E-state index contributed by atoms with van der Waals surface area (Å²) in [5.41, 5.74) is 0. The van der Waals surface area contributed by atoms with Crippen molar-refractivity contribution in [3.05, 3.63) is 24.2 Å². The number of rotatable bonds is 4. The monoisotopic (exact) mass is 170 g/mol. The SMILES string of the molecule is CCOC(C)C(O)c1ccco1. The van der Waals surface area contributed by atoms with Gasteiger partial charge in [-0.2, -0.15) is 0 Å². The molecule has 1 aromatic rings. The van der Waals surface area contributed by atoms with Crippen molar-refractivity contribution in [2.24, 2.45) is 0 Å². The fourth-order valence-corrected chi connectivity index (χ4v) is 1.04. The van der Waals surface area contributed by atoms with Gasteiger partial charge >= 0.3 is 0 Å². The molecule has 0 amide bonds. The summed E-state index contributed by atoms with van der Waals surface area (Å²) in [7, 11) is 0. The molecule has 0 aliphatic carbocycles. The summed E-state index contributed by atoms with van der Waals surface area (Å²) >= 11 is 0. The molecule has 0 aliphatic heterocycles. The van der Waals surface area contributed by atoms with Crippen molar-refractivity contribution in [1.82, 2.24) is 0 Å². The molecule has 3 nitrogen and oxygen atoms in total. The van der Waals surface area contributed by atoms with Crippen LogP contribution in [0.15, 0.2) is 22.8 Å². The van der Waals surface area contributed by atoms with Crippen molar-refractivity contribution in [2.75, 3.05) is 6.61 Å². The minimum atomic E-state index is -0.667. The first-order valence-corrected chi connectivity index (χ1v) is 4.08. The lowest BCUT2D eigenvalue weighted by Crippen LogP contribution is -2.17. The molecule has 12 heavy (non-hydrogen) atoms. The minimum absolute atomic E-state index is 0.221. The van der Waals surface area contributed by atoms with E-state index >= 15 is 0 Å². The summed E-state index contributed by atoms with van der Waals surface area (Å²) in [6.45, 7) is 4.31. The molecule has 0 saturated carbocycles. The van der Waals surface area contributed by atoms with Crippen LogP contribution in [0.2, 0.25) is 0 Å². The Kier molecular flexibility index (Phi) is 3.31. The van der Waals surface area contributed by atoms with Crippen molar-refractivity contribution in [3.63, 3.8) is 0 Å². The van der Waals surface area contributed by atoms with Crippen molar-refractivity contribution >= 4 is 0 Å². The van der Waals surface area contributed by atoms with Crippen LogP contribution in [-0.4, -0.2) is 17.8 Å². The molecule has 2 unspecified atom stereocenters. The van der Waals surface area contributed by atoms with Crippen molar-refractivity contribution in [2.45, 2.75) is 26.1 Å². The van der Waals surface area contributed by atoms with Gasteiger partial charge in [0, 0.05) is 6.61 Å². The highest BCUT2D eigenvalue weighted by Gasteiger charge is 2.18. The van der Waals surface area contributed by atoms with Crippen LogP contribution in [0.4, 0.5) is 0 Å². The highest BCUT2D eigenvalue weighted by Crippen LogP contribution is 2.18. The smallest absolute Gasteiger partial charge is 0.137 e. The van der Waals surface area contributed by atoms with Gasteiger partial charge < -0.3 is 14.3 Å². The van der Waals surface area contributed by atoms with Crippen LogP contribution in [0.1, 0.15) is 25.7 Å². The van der Waals surface area contributed by atoms with E-state index in [1.54, 1.807) is 12.1 Å². The van der Waals surface area contributed by atoms with E-state index < -0.39 is 6.10 Å². The molecule has 0 radical (unpaired) electrons. The van der Waals surface area contributed by atoms with Crippen molar-refractivity contribution in [1.29, 1.82) is 0 Å². The predicted molar refractivity (Wildman–Crippen MR) is 44.8 cm³/mol. The maximum absolute atomic E-state index is 9.59. The Balaban J connectivity index is 2.53. The molecule has 0 aliphatic rings. The third kappa shape index (κ3) is 2.09. The molecule has 0 spiro atoms. The zero-order valence-corrected chi connectivity index (χ0v) is 7.36. The van der Waals surface area contributed by atoms with Crippen LogP contribution >= 0.6 is 0 Å². The molecule has 1 aromatic heterocycles. The molecule has 1 N–H and O–H groups in total. The molecule has 0 aromatic carbocycles. The number of aliphatic hydroxyl groups is 1. The van der Waals surface area contributed by atoms with Crippen LogP contribution < -0.4 is 0 Å². The van der Waals surface area contributed by atoms with Crippen molar-refractivity contribution < 1.29 is 14.3 Å². The maximum Gasteiger partial charge on any atom is 0.137 e. The van der Waals surface area contributed by atoms with Gasteiger partial charge in [0.25, 0.3) is 0 Å². The average Bonchev–Trinajstić information content (AvgIpc) is 2.55. The second-order valence-electron chi connectivity index (χ2n) is 2.62. The fourth-order valence-electron chi connectivity index (χ4n) is 1.04. The van der Waals surface area contributed by atoms with Gasteiger partial charge in [0.1, 0.15) is 11.9 Å². The highest BCUT2D eigenvalue weighted by atomic mass is 16.5. The first-order valence-electron chi connectivity index (χ1n) is 4.08. The number of hydrogen-bond donors (Lipinski definition) is 1. The van der Waals surface area contributed by atoms with Crippen LogP contribution in [0.3, 0.4) is 0 Å². The van der Waals surface area contributed by atoms with E-state index in [4.69, 9.17) is 9.15 Å². The lowest BCUT2D eigenvalue weighted by molar-refractivity contribution is -0.0318. The maximum atomic E-state index is 9.59. The quantitative estimate of drug-likeness (QED) is 0.748. The minimum Gasteiger partial charge on any atom is -0.466 e. The Morgan fingerprint density at radius 1 is 1.67 bits per heavy atom. The highest BCUT2D eigenvalue weighted by molar-refractivity contribution is 5.03. The normalized spacial score (nSPS) is 15.9. The Labute approximate surface area is 72.0 Å². The van der Waals surface area contributed by atoms with Crippen molar-refractivity contribution in [3.8, 4) is 0 Å². The van der Waals surface area contributed by atoms with E-state index in [0.29, 0.717) is 12.4 Å². The largest absolute Gasteiger partial charge is 0.466 e. The third-order valence-corrected chi connectivity index (χ3v) is 1.71. The van der Waals surface area contributed by atoms with E-state index in [0.717, 1.165) is 0 Å². The van der Waals surface area contributed by atoms with E-state index in [-0.39, 0.29) is 6.10 Å². The van der Waals surface area contributed by atoms with Gasteiger partial charge in [-0.25, -0.2) is 0 Å². The number of hydrogen-bond acceptors (Lipinski definition) is 3. The molecule has 68 valence electrons. The lowest BCUT2D eigenvalue weighted by Gasteiger charge is -2.16. The van der Waals surface area contributed by atoms with Crippen LogP contribution in [0.25, 0.3) is 0 Å². The topological polar surface area (TPSA) is 42.6 Å². The number of furan rings is 1. The van der Waals surface area contributed by atoms with Gasteiger partial charge in [-0.1, -0.05) is 0 Å². The van der Waals surface area contributed by atoms with Gasteiger partial charge in [-0.3, -0.25) is 0 Å². The van der Waals surface area contributed by atoms with E-state index in [1.807, 2.05) is 13.8 Å². The predicted octanol–water partition coefficient (Wildman–Crippen LogP) is 1.74. The lowest BCUT2D eigenvalue weighted by atomic mass is 10.2. The Hall–Kier alpha value is -0.800. The first kappa shape index (κ1) is 9.29. The van der Waals surface area contributed by atoms with Crippen LogP contribution in [0, 0.1) is 0 Å². The Morgan fingerprint density at radius 3 is 2.92 bits per heavy atom.